The molecule has 1 N–H and O–H groups in total. The fraction of sp³-hybridized carbons (Fsp3) is 0.400. The molecule has 102 valence electrons. The number of oxazole rings is 1. The summed E-state index contributed by atoms with van der Waals surface area (Å²) in [6.07, 6.45) is 3.74. The molecule has 0 saturated heterocycles. The minimum absolute atomic E-state index is 0.815. The number of halogens is 1. The van der Waals surface area contributed by atoms with E-state index >= 15 is 0 Å². The lowest BCUT2D eigenvalue weighted by Crippen LogP contribution is -2.14. The summed E-state index contributed by atoms with van der Waals surface area (Å²) in [7, 11) is 0. The zero-order valence-corrected chi connectivity index (χ0v) is 13.0. The van der Waals surface area contributed by atoms with Crippen molar-refractivity contribution in [3.63, 3.8) is 0 Å². The number of hydrogen-bond acceptors (Lipinski definition) is 3. The number of nitrogens with one attached hydrogen (secondary N) is 1. The third-order valence-corrected chi connectivity index (χ3v) is 3.49. The quantitative estimate of drug-likeness (QED) is 0.818. The van der Waals surface area contributed by atoms with Crippen LogP contribution in [0, 0.1) is 6.92 Å². The Morgan fingerprint density at radius 2 is 2.21 bits per heavy atom. The normalized spacial score (nSPS) is 10.9. The van der Waals surface area contributed by atoms with Crippen LogP contribution in [-0.2, 0) is 6.42 Å². The Bertz CT molecular complexity index is 537. The number of aryl methyl sites for hydroxylation is 2. The van der Waals surface area contributed by atoms with E-state index in [2.05, 4.69) is 52.2 Å². The van der Waals surface area contributed by atoms with Crippen molar-refractivity contribution in [1.29, 1.82) is 0 Å². The molecule has 0 aliphatic carbocycles. The Hall–Kier alpha value is -1.13. The predicted octanol–water partition coefficient (Wildman–Crippen LogP) is 3.95. The van der Waals surface area contributed by atoms with Crippen LogP contribution in [0.4, 0.5) is 0 Å². The van der Waals surface area contributed by atoms with Crippen LogP contribution >= 0.6 is 15.9 Å². The molecule has 1 heterocycles. The molecule has 3 nitrogen and oxygen atoms in total. The molecule has 19 heavy (non-hydrogen) atoms. The summed E-state index contributed by atoms with van der Waals surface area (Å²) in [6.45, 7) is 6.20. The van der Waals surface area contributed by atoms with Crippen LogP contribution in [-0.4, -0.2) is 18.1 Å². The second-order valence-electron chi connectivity index (χ2n) is 4.53. The Morgan fingerprint density at radius 3 is 2.95 bits per heavy atom. The molecule has 0 aliphatic heterocycles. The molecular formula is C15H19BrN2O. The van der Waals surface area contributed by atoms with Gasteiger partial charge in [0.2, 0.25) is 0 Å². The lowest BCUT2D eigenvalue weighted by atomic mass is 10.1. The van der Waals surface area contributed by atoms with Gasteiger partial charge in [-0.15, -0.1) is 0 Å². The van der Waals surface area contributed by atoms with Gasteiger partial charge in [0.15, 0.2) is 11.7 Å². The zero-order chi connectivity index (χ0) is 13.7. The van der Waals surface area contributed by atoms with Crippen molar-refractivity contribution in [3.05, 3.63) is 40.3 Å². The van der Waals surface area contributed by atoms with Crippen LogP contribution in [0.2, 0.25) is 0 Å². The van der Waals surface area contributed by atoms with Crippen LogP contribution in [0.1, 0.15) is 24.8 Å². The second-order valence-corrected chi connectivity index (χ2v) is 5.45. The molecule has 4 heteroatoms. The van der Waals surface area contributed by atoms with Crippen LogP contribution in [0.5, 0.6) is 0 Å². The number of benzene rings is 1. The summed E-state index contributed by atoms with van der Waals surface area (Å²) < 4.78 is 6.90. The van der Waals surface area contributed by atoms with E-state index < -0.39 is 0 Å². The third kappa shape index (κ3) is 3.91. The van der Waals surface area contributed by atoms with Gasteiger partial charge in [-0.2, -0.15) is 0 Å². The molecule has 1 aromatic carbocycles. The van der Waals surface area contributed by atoms with Crippen LogP contribution in [0.3, 0.4) is 0 Å². The monoisotopic (exact) mass is 322 g/mol. The molecule has 2 rings (SSSR count). The summed E-state index contributed by atoms with van der Waals surface area (Å²) in [5.74, 6) is 1.67. The third-order valence-electron chi connectivity index (χ3n) is 3.00. The van der Waals surface area contributed by atoms with Crippen molar-refractivity contribution in [2.75, 3.05) is 13.1 Å². The molecule has 0 fully saturated rings. The maximum atomic E-state index is 5.82. The molecule has 0 spiro atoms. The lowest BCUT2D eigenvalue weighted by Gasteiger charge is -2.02. The van der Waals surface area contributed by atoms with Gasteiger partial charge in [-0.3, -0.25) is 0 Å². The molecule has 1 aromatic heterocycles. The van der Waals surface area contributed by atoms with E-state index in [1.165, 1.54) is 5.56 Å². The van der Waals surface area contributed by atoms with E-state index in [0.29, 0.717) is 0 Å². The second kappa shape index (κ2) is 6.87. The van der Waals surface area contributed by atoms with Gasteiger partial charge in [-0.05, 0) is 50.2 Å². The summed E-state index contributed by atoms with van der Waals surface area (Å²) in [6, 6.07) is 6.17. The highest BCUT2D eigenvalue weighted by atomic mass is 79.9. The molecule has 0 bridgehead atoms. The van der Waals surface area contributed by atoms with Gasteiger partial charge in [0, 0.05) is 16.5 Å². The van der Waals surface area contributed by atoms with Crippen molar-refractivity contribution in [2.24, 2.45) is 0 Å². The first kappa shape index (κ1) is 14.3. The molecule has 0 saturated carbocycles. The van der Waals surface area contributed by atoms with E-state index in [4.69, 9.17) is 4.42 Å². The van der Waals surface area contributed by atoms with E-state index in [9.17, 15) is 0 Å². The number of hydrogen-bond donors (Lipinski definition) is 1. The minimum atomic E-state index is 0.815. The molecular weight excluding hydrogens is 304 g/mol. The van der Waals surface area contributed by atoms with Crippen LogP contribution < -0.4 is 5.32 Å². The summed E-state index contributed by atoms with van der Waals surface area (Å²) in [5.41, 5.74) is 2.29. The highest BCUT2D eigenvalue weighted by molar-refractivity contribution is 9.10. The summed E-state index contributed by atoms with van der Waals surface area (Å²) in [5, 5.41) is 3.30. The van der Waals surface area contributed by atoms with Crippen molar-refractivity contribution in [2.45, 2.75) is 26.7 Å². The fourth-order valence-corrected chi connectivity index (χ4v) is 2.47. The van der Waals surface area contributed by atoms with Crippen molar-refractivity contribution >= 4 is 15.9 Å². The fourth-order valence-electron chi connectivity index (χ4n) is 2.00. The maximum absolute atomic E-state index is 5.82. The first-order valence-electron chi connectivity index (χ1n) is 6.62. The first-order chi connectivity index (χ1) is 9.20. The Kier molecular flexibility index (Phi) is 5.16. The minimum Gasteiger partial charge on any atom is -0.441 e. The average molecular weight is 323 g/mol. The number of nitrogens with zero attached hydrogens (tertiary/aromatic N) is 1. The van der Waals surface area contributed by atoms with Gasteiger partial charge in [0.25, 0.3) is 0 Å². The molecule has 0 amide bonds. The predicted molar refractivity (Wildman–Crippen MR) is 81.2 cm³/mol. The largest absolute Gasteiger partial charge is 0.441 e. The van der Waals surface area contributed by atoms with E-state index in [-0.39, 0.29) is 0 Å². The molecule has 0 radical (unpaired) electrons. The van der Waals surface area contributed by atoms with Gasteiger partial charge >= 0.3 is 0 Å². The van der Waals surface area contributed by atoms with Crippen LogP contribution in [0.25, 0.3) is 11.3 Å². The Morgan fingerprint density at radius 1 is 1.37 bits per heavy atom. The Balaban J connectivity index is 2.04. The van der Waals surface area contributed by atoms with Crippen molar-refractivity contribution in [3.8, 4) is 11.3 Å². The SMILES string of the molecule is CCNCCCc1ncc(-c2ccc(Br)cc2C)o1. The van der Waals surface area contributed by atoms with Gasteiger partial charge in [-0.25, -0.2) is 4.98 Å². The van der Waals surface area contributed by atoms with Gasteiger partial charge in [-0.1, -0.05) is 22.9 Å². The van der Waals surface area contributed by atoms with Gasteiger partial charge < -0.3 is 9.73 Å². The molecule has 2 aromatic rings. The molecule has 0 atom stereocenters. The van der Waals surface area contributed by atoms with E-state index in [1.807, 2.05) is 12.3 Å². The summed E-state index contributed by atoms with van der Waals surface area (Å²) in [4.78, 5) is 4.35. The zero-order valence-electron chi connectivity index (χ0n) is 11.4. The van der Waals surface area contributed by atoms with Crippen molar-refractivity contribution in [1.82, 2.24) is 10.3 Å². The lowest BCUT2D eigenvalue weighted by molar-refractivity contribution is 0.493. The standard InChI is InChI=1S/C15H19BrN2O/c1-3-17-8-4-5-15-18-10-14(19-15)13-7-6-12(16)9-11(13)2/h6-7,9-10,17H,3-5,8H2,1-2H3. The maximum Gasteiger partial charge on any atom is 0.194 e. The number of aromatic nitrogens is 1. The van der Waals surface area contributed by atoms with Gasteiger partial charge in [0.05, 0.1) is 6.20 Å². The van der Waals surface area contributed by atoms with Gasteiger partial charge in [0.1, 0.15) is 0 Å². The Labute approximate surface area is 122 Å². The van der Waals surface area contributed by atoms with E-state index in [1.54, 1.807) is 0 Å². The van der Waals surface area contributed by atoms with Crippen molar-refractivity contribution < 1.29 is 4.42 Å². The number of rotatable bonds is 6. The van der Waals surface area contributed by atoms with Crippen LogP contribution in [0.15, 0.2) is 33.3 Å². The first-order valence-corrected chi connectivity index (χ1v) is 7.42. The molecule has 0 unspecified atom stereocenters. The van der Waals surface area contributed by atoms with E-state index in [0.717, 1.165) is 47.6 Å². The topological polar surface area (TPSA) is 38.1 Å². The smallest absolute Gasteiger partial charge is 0.194 e. The average Bonchev–Trinajstić information content (AvgIpc) is 2.83. The highest BCUT2D eigenvalue weighted by Gasteiger charge is 2.08. The highest BCUT2D eigenvalue weighted by Crippen LogP contribution is 2.26. The molecule has 0 aliphatic rings. The summed E-state index contributed by atoms with van der Waals surface area (Å²) >= 11 is 3.47.